The number of carbonyl (C=O) groups excluding carboxylic acids is 5. The highest BCUT2D eigenvalue weighted by molar-refractivity contribution is 6.31. The molecule has 0 spiro atoms. The van der Waals surface area contributed by atoms with Crippen LogP contribution in [-0.4, -0.2) is 145 Å². The number of nitrogens with zero attached hydrogens (tertiary/aromatic N) is 6. The minimum Gasteiger partial charge on any atom is -0.492 e. The van der Waals surface area contributed by atoms with Crippen molar-refractivity contribution in [2.24, 2.45) is 66.6 Å². The number of ether oxygens (including phenoxy) is 1. The SMILES string of the molecule is NC(N)=NCCCC[C@H](N)C(=O)CCCCC[C@H](N)C(=O)NCCCN(CCCNC(=O)[C@@H](N)CCCCCC(=O)[C@@H](N)CCCCN=C(N)N)CCOc1ccc(CCCCN=C(N)NC(=O)c2nc(Cl)c(N)nc2N)cc1. The molecular weight excluding hydrogens is 1040 g/mol. The number of Topliss-reactive ketones (excluding diaryl/α,β-unsaturated/α-hetero) is 2. The van der Waals surface area contributed by atoms with Crippen molar-refractivity contribution >= 4 is 70.4 Å². The molecule has 25 N–H and O–H groups in total. The summed E-state index contributed by atoms with van der Waals surface area (Å²) in [6.45, 7) is 4.59. The van der Waals surface area contributed by atoms with Crippen LogP contribution in [0.2, 0.25) is 5.15 Å². The minimum atomic E-state index is -0.703. The Morgan fingerprint density at radius 3 is 1.53 bits per heavy atom. The summed E-state index contributed by atoms with van der Waals surface area (Å²) in [6, 6.07) is 5.53. The number of nitrogens with two attached hydrogens (primary N) is 11. The van der Waals surface area contributed by atoms with E-state index in [0.29, 0.717) is 142 Å². The molecule has 0 unspecified atom stereocenters. The number of nitrogen functional groups attached to an aromatic ring is 2. The first kappa shape index (κ1) is 68.7. The van der Waals surface area contributed by atoms with Crippen LogP contribution in [0.25, 0.3) is 0 Å². The van der Waals surface area contributed by atoms with E-state index in [0.717, 1.165) is 62.7 Å². The zero-order valence-corrected chi connectivity index (χ0v) is 46.9. The van der Waals surface area contributed by atoms with Gasteiger partial charge in [-0.15, -0.1) is 0 Å². The summed E-state index contributed by atoms with van der Waals surface area (Å²) in [6.07, 6.45) is 14.0. The second kappa shape index (κ2) is 40.7. The summed E-state index contributed by atoms with van der Waals surface area (Å²) in [7, 11) is 0. The maximum atomic E-state index is 12.9. The fourth-order valence-electron chi connectivity index (χ4n) is 8.14. The molecule has 79 heavy (non-hydrogen) atoms. The van der Waals surface area contributed by atoms with Gasteiger partial charge >= 0.3 is 0 Å². The summed E-state index contributed by atoms with van der Waals surface area (Å²) in [5.74, 6) is -0.638. The molecular formula is C52H93ClN20O6. The van der Waals surface area contributed by atoms with Crippen molar-refractivity contribution < 1.29 is 28.7 Å². The van der Waals surface area contributed by atoms with Crippen LogP contribution in [0.1, 0.15) is 144 Å². The number of anilines is 2. The van der Waals surface area contributed by atoms with Crippen molar-refractivity contribution in [3.63, 3.8) is 0 Å². The van der Waals surface area contributed by atoms with Gasteiger partial charge in [0.25, 0.3) is 5.91 Å². The van der Waals surface area contributed by atoms with Crippen molar-refractivity contribution in [1.29, 1.82) is 0 Å². The Morgan fingerprint density at radius 1 is 0.557 bits per heavy atom. The molecule has 1 aromatic heterocycles. The van der Waals surface area contributed by atoms with Gasteiger partial charge in [0.05, 0.1) is 24.2 Å². The molecule has 0 saturated heterocycles. The number of unbranched alkanes of at least 4 members (excludes halogenated alkanes) is 7. The molecule has 0 bridgehead atoms. The lowest BCUT2D eigenvalue weighted by atomic mass is 10.0. The Kier molecular flexibility index (Phi) is 35.4. The number of hydrogen-bond donors (Lipinski definition) is 14. The molecule has 0 aliphatic rings. The van der Waals surface area contributed by atoms with E-state index in [4.69, 9.17) is 79.4 Å². The van der Waals surface area contributed by atoms with Gasteiger partial charge < -0.3 is 78.4 Å². The van der Waals surface area contributed by atoms with Gasteiger partial charge in [-0.3, -0.25) is 49.2 Å². The Bertz CT molecular complexity index is 2130. The van der Waals surface area contributed by atoms with Crippen LogP contribution in [-0.2, 0) is 25.6 Å². The molecule has 0 aliphatic carbocycles. The number of carbonyl (C=O) groups is 5. The van der Waals surface area contributed by atoms with E-state index in [1.807, 2.05) is 24.3 Å². The lowest BCUT2D eigenvalue weighted by Crippen LogP contribution is -2.42. The van der Waals surface area contributed by atoms with Crippen molar-refractivity contribution in [3.05, 3.63) is 40.7 Å². The molecule has 27 heteroatoms. The van der Waals surface area contributed by atoms with Crippen LogP contribution in [0.3, 0.4) is 0 Å². The Morgan fingerprint density at radius 2 is 1.03 bits per heavy atom. The fourth-order valence-corrected chi connectivity index (χ4v) is 8.27. The molecule has 2 aromatic rings. The summed E-state index contributed by atoms with van der Waals surface area (Å²) < 4.78 is 6.13. The summed E-state index contributed by atoms with van der Waals surface area (Å²) in [5.41, 5.74) is 64.1. The van der Waals surface area contributed by atoms with Crippen molar-refractivity contribution in [2.45, 2.75) is 159 Å². The first-order chi connectivity index (χ1) is 37.8. The predicted octanol–water partition coefficient (Wildman–Crippen LogP) is 0.291. The van der Waals surface area contributed by atoms with Crippen molar-refractivity contribution in [2.75, 3.05) is 70.4 Å². The molecule has 444 valence electrons. The Labute approximate surface area is 470 Å². The Hall–Kier alpha value is -6.45. The number of benzene rings is 1. The molecule has 2 rings (SSSR count). The highest BCUT2D eigenvalue weighted by atomic mass is 35.5. The molecule has 1 aromatic carbocycles. The number of rotatable bonds is 44. The highest BCUT2D eigenvalue weighted by Gasteiger charge is 2.19. The van der Waals surface area contributed by atoms with E-state index < -0.39 is 30.1 Å². The normalized spacial score (nSPS) is 13.0. The van der Waals surface area contributed by atoms with Gasteiger partial charge in [-0.25, -0.2) is 9.97 Å². The summed E-state index contributed by atoms with van der Waals surface area (Å²) in [5, 5.41) is 8.20. The van der Waals surface area contributed by atoms with Crippen molar-refractivity contribution in [1.82, 2.24) is 30.8 Å². The molecule has 0 fully saturated rings. The standard InChI is InChI=1S/C52H93ClN20O6/c53-44-46(59)71-45(58)43(70-44)49(78)72-52(64)69-28-10-7-15-35-22-24-36(25-23-35)79-34-33-73(31-13-29-65-47(76)39(56)18-3-1-5-20-41(74)37(54)16-8-11-26-67-50(60)61)32-14-30-66-48(77)40(57)19-4-2-6-21-42(75)38(55)17-9-12-27-68-51(62)63/h22-25,37-40H,1-21,26-34,54-57H2,(H,65,76)(H,66,77)(H4,58,59,71)(H4,60,61,67)(H4,62,63,68)(H3,64,69,72,78)/t37-,38-,39-,40-/m0/s1. The van der Waals surface area contributed by atoms with E-state index in [-0.39, 0.29) is 63.7 Å². The number of halogens is 1. The predicted molar refractivity (Wildman–Crippen MR) is 314 cm³/mol. The number of guanidine groups is 3. The number of aromatic nitrogens is 2. The average molecular weight is 1130 g/mol. The third-order valence-corrected chi connectivity index (χ3v) is 13.1. The van der Waals surface area contributed by atoms with Gasteiger partial charge in [0.15, 0.2) is 40.4 Å². The first-order valence-electron chi connectivity index (χ1n) is 27.6. The van der Waals surface area contributed by atoms with Gasteiger partial charge in [0.1, 0.15) is 23.9 Å². The summed E-state index contributed by atoms with van der Waals surface area (Å²) in [4.78, 5) is 85.1. The van der Waals surface area contributed by atoms with Gasteiger partial charge in [0.2, 0.25) is 11.8 Å². The van der Waals surface area contributed by atoms with Crippen molar-refractivity contribution in [3.8, 4) is 5.75 Å². The highest BCUT2D eigenvalue weighted by Crippen LogP contribution is 2.18. The zero-order valence-electron chi connectivity index (χ0n) is 46.2. The minimum absolute atomic E-state index is 0.0263. The van der Waals surface area contributed by atoms with Crippen LogP contribution in [0, 0.1) is 0 Å². The van der Waals surface area contributed by atoms with Crippen LogP contribution in [0.5, 0.6) is 5.75 Å². The van der Waals surface area contributed by atoms with Crippen LogP contribution in [0.15, 0.2) is 39.2 Å². The average Bonchev–Trinajstić information content (AvgIpc) is 3.40. The quantitative estimate of drug-likeness (QED) is 0.0241. The van der Waals surface area contributed by atoms with Gasteiger partial charge in [-0.2, -0.15) is 0 Å². The monoisotopic (exact) mass is 1130 g/mol. The number of hydrogen-bond acceptors (Lipinski definition) is 18. The van der Waals surface area contributed by atoms with Gasteiger partial charge in [-0.05, 0) is 127 Å². The van der Waals surface area contributed by atoms with Gasteiger partial charge in [0, 0.05) is 52.1 Å². The van der Waals surface area contributed by atoms with Crippen LogP contribution >= 0.6 is 11.6 Å². The van der Waals surface area contributed by atoms with Gasteiger partial charge in [-0.1, -0.05) is 49.4 Å². The maximum Gasteiger partial charge on any atom is 0.280 e. The molecule has 4 atom stereocenters. The first-order valence-corrected chi connectivity index (χ1v) is 28.0. The number of aryl methyl sites for hydroxylation is 1. The molecule has 3 amide bonds. The largest absolute Gasteiger partial charge is 0.492 e. The number of aliphatic imine (C=N–C) groups is 3. The molecule has 0 aliphatic heterocycles. The zero-order chi connectivity index (χ0) is 58.4. The third-order valence-electron chi connectivity index (χ3n) is 12.8. The molecule has 1 heterocycles. The fraction of sp³-hybridized carbons (Fsp3) is 0.654. The number of nitrogens with one attached hydrogen (secondary N) is 3. The lowest BCUT2D eigenvalue weighted by Gasteiger charge is -2.23. The van der Waals surface area contributed by atoms with E-state index in [9.17, 15) is 24.0 Å². The van der Waals surface area contributed by atoms with E-state index in [1.165, 1.54) is 0 Å². The number of ketones is 2. The molecule has 0 saturated carbocycles. The third kappa shape index (κ3) is 32.3. The lowest BCUT2D eigenvalue weighted by molar-refractivity contribution is -0.123. The second-order valence-corrected chi connectivity index (χ2v) is 20.0. The van der Waals surface area contributed by atoms with E-state index in [2.05, 4.69) is 45.8 Å². The number of amides is 3. The van der Waals surface area contributed by atoms with Crippen LogP contribution < -0.4 is 83.8 Å². The second-order valence-electron chi connectivity index (χ2n) is 19.6. The van der Waals surface area contributed by atoms with Crippen LogP contribution in [0.4, 0.5) is 11.6 Å². The van der Waals surface area contributed by atoms with E-state index in [1.54, 1.807) is 0 Å². The summed E-state index contributed by atoms with van der Waals surface area (Å²) >= 11 is 5.87. The van der Waals surface area contributed by atoms with E-state index >= 15 is 0 Å². The maximum absolute atomic E-state index is 12.9. The Balaban J connectivity index is 1.80. The topological polar surface area (TPSA) is 483 Å². The smallest absolute Gasteiger partial charge is 0.280 e. The molecule has 26 nitrogen and oxygen atoms in total. The molecule has 0 radical (unpaired) electrons.